The lowest BCUT2D eigenvalue weighted by atomic mass is 9.92. The highest BCUT2D eigenvalue weighted by molar-refractivity contribution is 6.24. The van der Waals surface area contributed by atoms with Crippen molar-refractivity contribution in [3.63, 3.8) is 0 Å². The molecule has 3 heterocycles. The first kappa shape index (κ1) is 19.8. The van der Waals surface area contributed by atoms with E-state index in [1.165, 1.54) is 6.08 Å². The van der Waals surface area contributed by atoms with Gasteiger partial charge in [0.1, 0.15) is 24.4 Å². The van der Waals surface area contributed by atoms with E-state index in [0.29, 0.717) is 11.1 Å². The van der Waals surface area contributed by atoms with E-state index in [-0.39, 0.29) is 29.9 Å². The lowest BCUT2D eigenvalue weighted by molar-refractivity contribution is -0.232. The number of allylic oxidation sites excluding steroid dienone is 2. The van der Waals surface area contributed by atoms with E-state index in [0.717, 1.165) is 0 Å². The average molecular weight is 415 g/mol. The molecule has 3 aliphatic heterocycles. The first-order chi connectivity index (χ1) is 14.1. The van der Waals surface area contributed by atoms with E-state index in [1.54, 1.807) is 24.3 Å². The number of Topliss-reactive ketones (excluding diaryl/α,β-unsaturated/α-hetero) is 1. The second kappa shape index (κ2) is 6.70. The number of carbonyl (C=O) groups excluding carboxylic acids is 2. The molecule has 0 radical (unpaired) electrons. The molecule has 5 atom stereocenters. The molecule has 0 unspecified atom stereocenters. The van der Waals surface area contributed by atoms with Crippen LogP contribution in [0.5, 0.6) is 0 Å². The van der Waals surface area contributed by atoms with Gasteiger partial charge in [-0.25, -0.2) is 0 Å². The van der Waals surface area contributed by atoms with Crippen molar-refractivity contribution in [2.75, 3.05) is 6.54 Å². The highest BCUT2D eigenvalue weighted by Gasteiger charge is 2.60. The highest BCUT2D eigenvalue weighted by Crippen LogP contribution is 2.44. The van der Waals surface area contributed by atoms with Crippen LogP contribution in [0.25, 0.3) is 0 Å². The maximum atomic E-state index is 12.8. The van der Waals surface area contributed by atoms with Crippen molar-refractivity contribution in [1.29, 1.82) is 0 Å². The molecule has 0 amide bonds. The SMILES string of the molecule is CC1(C)O[C@H]2[C@@H](O1)[C@@H](CNC1=CC(=O)c3ccccc3C1=O)O[C@@H]1OC(C)(C)O[C@@H]12. The van der Waals surface area contributed by atoms with E-state index in [9.17, 15) is 9.59 Å². The third-order valence-electron chi connectivity index (χ3n) is 5.70. The van der Waals surface area contributed by atoms with Gasteiger partial charge in [0.2, 0.25) is 5.78 Å². The largest absolute Gasteiger partial charge is 0.379 e. The molecule has 1 aromatic carbocycles. The fraction of sp³-hybridized carbons (Fsp3) is 0.545. The summed E-state index contributed by atoms with van der Waals surface area (Å²) in [6, 6.07) is 6.80. The summed E-state index contributed by atoms with van der Waals surface area (Å²) < 4.78 is 30.2. The standard InChI is InChI=1S/C22H25NO7/c1-21(2)27-17-15(26-20-19(18(17)28-21)29-22(3,4)30-20)10-23-13-9-14(24)11-7-5-6-8-12(11)16(13)25/h5-9,15,17-20,23H,10H2,1-4H3/t15-,17+,18+,19-,20-/m1/s1. The molecule has 5 rings (SSSR count). The Balaban J connectivity index is 1.35. The van der Waals surface area contributed by atoms with Gasteiger partial charge in [0.25, 0.3) is 0 Å². The number of ether oxygens (including phenoxy) is 5. The van der Waals surface area contributed by atoms with Crippen molar-refractivity contribution in [2.24, 2.45) is 0 Å². The molecule has 3 saturated heterocycles. The van der Waals surface area contributed by atoms with Gasteiger partial charge in [-0.05, 0) is 27.7 Å². The number of ketones is 2. The van der Waals surface area contributed by atoms with Crippen molar-refractivity contribution >= 4 is 11.6 Å². The van der Waals surface area contributed by atoms with E-state index >= 15 is 0 Å². The molecule has 8 heteroatoms. The van der Waals surface area contributed by atoms with Gasteiger partial charge in [0.15, 0.2) is 23.6 Å². The number of hydrogen-bond donors (Lipinski definition) is 1. The Morgan fingerprint density at radius 3 is 2.27 bits per heavy atom. The number of fused-ring (bicyclic) bond motifs is 4. The average Bonchev–Trinajstić information content (AvgIpc) is 3.17. The Morgan fingerprint density at radius 1 is 0.867 bits per heavy atom. The van der Waals surface area contributed by atoms with Gasteiger partial charge in [-0.2, -0.15) is 0 Å². The topological polar surface area (TPSA) is 92.3 Å². The summed E-state index contributed by atoms with van der Waals surface area (Å²) in [5.41, 5.74) is 1.05. The van der Waals surface area contributed by atoms with Gasteiger partial charge in [0.05, 0.1) is 5.70 Å². The van der Waals surface area contributed by atoms with Crippen LogP contribution >= 0.6 is 0 Å². The lowest BCUT2D eigenvalue weighted by Crippen LogP contribution is -2.57. The van der Waals surface area contributed by atoms with Crippen LogP contribution in [-0.2, 0) is 23.7 Å². The Bertz CT molecular complexity index is 937. The Hall–Kier alpha value is -2.10. The lowest BCUT2D eigenvalue weighted by Gasteiger charge is -2.37. The van der Waals surface area contributed by atoms with Crippen LogP contribution in [0, 0.1) is 0 Å². The van der Waals surface area contributed by atoms with Crippen LogP contribution in [-0.4, -0.2) is 60.4 Å². The zero-order valence-electron chi connectivity index (χ0n) is 17.3. The monoisotopic (exact) mass is 415 g/mol. The molecule has 1 aromatic rings. The van der Waals surface area contributed by atoms with E-state index < -0.39 is 36.2 Å². The zero-order chi connectivity index (χ0) is 21.3. The van der Waals surface area contributed by atoms with Gasteiger partial charge in [-0.1, -0.05) is 24.3 Å². The first-order valence-corrected chi connectivity index (χ1v) is 10.1. The summed E-state index contributed by atoms with van der Waals surface area (Å²) in [5, 5.41) is 3.09. The van der Waals surface area contributed by atoms with Gasteiger partial charge in [-0.15, -0.1) is 0 Å². The quantitative estimate of drug-likeness (QED) is 0.801. The Kier molecular flexibility index (Phi) is 4.43. The predicted octanol–water partition coefficient (Wildman–Crippen LogP) is 1.94. The molecule has 4 aliphatic rings. The molecule has 30 heavy (non-hydrogen) atoms. The molecule has 0 spiro atoms. The minimum Gasteiger partial charge on any atom is -0.379 e. The van der Waals surface area contributed by atoms with Gasteiger partial charge in [-0.3, -0.25) is 9.59 Å². The second-order valence-corrected chi connectivity index (χ2v) is 8.89. The predicted molar refractivity (Wildman–Crippen MR) is 104 cm³/mol. The molecular formula is C22H25NO7. The zero-order valence-corrected chi connectivity index (χ0v) is 17.3. The summed E-state index contributed by atoms with van der Waals surface area (Å²) in [5.74, 6) is -2.01. The van der Waals surface area contributed by atoms with Crippen molar-refractivity contribution in [1.82, 2.24) is 5.32 Å². The summed E-state index contributed by atoms with van der Waals surface area (Å²) in [6.45, 7) is 7.59. The number of hydrogen-bond acceptors (Lipinski definition) is 8. The van der Waals surface area contributed by atoms with Crippen LogP contribution in [0.15, 0.2) is 36.0 Å². The molecule has 0 saturated carbocycles. The van der Waals surface area contributed by atoms with Crippen molar-refractivity contribution in [3.05, 3.63) is 47.2 Å². The normalized spacial score (nSPS) is 36.0. The van der Waals surface area contributed by atoms with Crippen molar-refractivity contribution in [3.8, 4) is 0 Å². The number of benzene rings is 1. The second-order valence-electron chi connectivity index (χ2n) is 8.89. The first-order valence-electron chi connectivity index (χ1n) is 10.1. The molecule has 0 bridgehead atoms. The minimum atomic E-state index is -0.795. The number of carbonyl (C=O) groups is 2. The van der Waals surface area contributed by atoms with E-state index in [4.69, 9.17) is 23.7 Å². The van der Waals surface area contributed by atoms with Gasteiger partial charge in [0, 0.05) is 23.7 Å². The molecule has 1 N–H and O–H groups in total. The number of nitrogens with one attached hydrogen (secondary N) is 1. The molecule has 0 aromatic heterocycles. The fourth-order valence-electron chi connectivity index (χ4n) is 4.52. The smallest absolute Gasteiger partial charge is 0.209 e. The molecule has 1 aliphatic carbocycles. The molecule has 8 nitrogen and oxygen atoms in total. The van der Waals surface area contributed by atoms with E-state index in [1.807, 2.05) is 27.7 Å². The summed E-state index contributed by atoms with van der Waals surface area (Å²) in [6.07, 6.45) is -0.922. The highest BCUT2D eigenvalue weighted by atomic mass is 16.9. The van der Waals surface area contributed by atoms with Gasteiger partial charge < -0.3 is 29.0 Å². The maximum Gasteiger partial charge on any atom is 0.209 e. The third-order valence-corrected chi connectivity index (χ3v) is 5.70. The molecule has 160 valence electrons. The third kappa shape index (κ3) is 3.29. The molecule has 3 fully saturated rings. The van der Waals surface area contributed by atoms with E-state index in [2.05, 4.69) is 5.32 Å². The summed E-state index contributed by atoms with van der Waals surface area (Å²) >= 11 is 0. The fourth-order valence-corrected chi connectivity index (χ4v) is 4.52. The summed E-state index contributed by atoms with van der Waals surface area (Å²) in [7, 11) is 0. The van der Waals surface area contributed by atoms with Crippen molar-refractivity contribution in [2.45, 2.75) is 70.0 Å². The maximum absolute atomic E-state index is 12.8. The van der Waals surface area contributed by atoms with Crippen LogP contribution < -0.4 is 5.32 Å². The Labute approximate surface area is 174 Å². The minimum absolute atomic E-state index is 0.203. The summed E-state index contributed by atoms with van der Waals surface area (Å²) in [4.78, 5) is 25.2. The molecular weight excluding hydrogens is 390 g/mol. The van der Waals surface area contributed by atoms with Crippen LogP contribution in [0.1, 0.15) is 48.4 Å². The van der Waals surface area contributed by atoms with Crippen LogP contribution in [0.3, 0.4) is 0 Å². The van der Waals surface area contributed by atoms with Gasteiger partial charge >= 0.3 is 0 Å². The van der Waals surface area contributed by atoms with Crippen LogP contribution in [0.2, 0.25) is 0 Å². The van der Waals surface area contributed by atoms with Crippen LogP contribution in [0.4, 0.5) is 0 Å². The Morgan fingerprint density at radius 2 is 1.50 bits per heavy atom. The number of rotatable bonds is 3. The van der Waals surface area contributed by atoms with Crippen molar-refractivity contribution < 1.29 is 33.3 Å².